The molecule has 7 nitrogen and oxygen atoms in total. The van der Waals surface area contributed by atoms with Gasteiger partial charge in [0.1, 0.15) is 12.0 Å². The van der Waals surface area contributed by atoms with Gasteiger partial charge in [0.25, 0.3) is 5.91 Å². The van der Waals surface area contributed by atoms with Crippen LogP contribution in [-0.4, -0.2) is 52.1 Å². The molecule has 0 radical (unpaired) electrons. The van der Waals surface area contributed by atoms with Crippen LogP contribution in [-0.2, 0) is 4.74 Å². The molecule has 0 bridgehead atoms. The molecule has 7 heteroatoms. The minimum absolute atomic E-state index is 0.0516. The van der Waals surface area contributed by atoms with Gasteiger partial charge in [-0.1, -0.05) is 0 Å². The lowest BCUT2D eigenvalue weighted by atomic mass is 9.71. The van der Waals surface area contributed by atoms with Gasteiger partial charge < -0.3 is 9.64 Å². The lowest BCUT2D eigenvalue weighted by Crippen LogP contribution is -2.43. The first-order chi connectivity index (χ1) is 14.2. The van der Waals surface area contributed by atoms with Gasteiger partial charge in [0, 0.05) is 38.7 Å². The maximum atomic E-state index is 13.2. The number of carbonyl (C=O) groups is 1. The van der Waals surface area contributed by atoms with Crippen LogP contribution in [0.25, 0.3) is 11.4 Å². The zero-order chi connectivity index (χ0) is 20.1. The van der Waals surface area contributed by atoms with Crippen molar-refractivity contribution in [1.29, 1.82) is 5.26 Å². The highest BCUT2D eigenvalue weighted by molar-refractivity contribution is 5.99. The van der Waals surface area contributed by atoms with Crippen LogP contribution >= 0.6 is 0 Å². The van der Waals surface area contributed by atoms with E-state index in [9.17, 15) is 10.1 Å². The summed E-state index contributed by atoms with van der Waals surface area (Å²) in [6.07, 6.45) is 9.17. The van der Waals surface area contributed by atoms with Crippen molar-refractivity contribution in [2.75, 3.05) is 26.3 Å². The molecule has 0 N–H and O–H groups in total. The molecule has 29 heavy (non-hydrogen) atoms. The van der Waals surface area contributed by atoms with Crippen molar-refractivity contribution in [3.8, 4) is 17.5 Å². The molecule has 0 spiro atoms. The summed E-state index contributed by atoms with van der Waals surface area (Å²) in [6.45, 7) is 2.77. The molecule has 150 valence electrons. The Morgan fingerprint density at radius 1 is 1.21 bits per heavy atom. The second kappa shape index (κ2) is 8.66. The Hall–Kier alpha value is -2.85. The zero-order valence-electron chi connectivity index (χ0n) is 16.5. The Labute approximate surface area is 170 Å². The highest BCUT2D eigenvalue weighted by atomic mass is 16.5. The number of ether oxygens (including phenoxy) is 1. The van der Waals surface area contributed by atoms with Crippen LogP contribution < -0.4 is 0 Å². The predicted octanol–water partition coefficient (Wildman–Crippen LogP) is 3.10. The van der Waals surface area contributed by atoms with E-state index in [0.29, 0.717) is 36.0 Å². The average Bonchev–Trinajstić information content (AvgIpc) is 2.80. The number of piperidine rings is 1. The summed E-state index contributed by atoms with van der Waals surface area (Å²) < 4.78 is 5.45. The van der Waals surface area contributed by atoms with Crippen molar-refractivity contribution in [2.24, 2.45) is 11.3 Å². The van der Waals surface area contributed by atoms with Crippen molar-refractivity contribution in [3.05, 3.63) is 42.5 Å². The second-order valence-electron chi connectivity index (χ2n) is 7.94. The highest BCUT2D eigenvalue weighted by Gasteiger charge is 2.38. The Morgan fingerprint density at radius 3 is 2.69 bits per heavy atom. The highest BCUT2D eigenvalue weighted by Crippen LogP contribution is 2.40. The van der Waals surface area contributed by atoms with E-state index < -0.39 is 0 Å². The summed E-state index contributed by atoms with van der Waals surface area (Å²) in [5.41, 5.74) is 1.41. The van der Waals surface area contributed by atoms with Gasteiger partial charge in [-0.15, -0.1) is 0 Å². The number of likely N-dealkylation sites (tertiary alicyclic amines) is 1. The third kappa shape index (κ3) is 4.28. The van der Waals surface area contributed by atoms with E-state index in [1.165, 1.54) is 6.33 Å². The number of nitriles is 1. The van der Waals surface area contributed by atoms with Gasteiger partial charge in [-0.3, -0.25) is 9.78 Å². The molecule has 0 aliphatic carbocycles. The minimum Gasteiger partial charge on any atom is -0.381 e. The average molecular weight is 391 g/mol. The summed E-state index contributed by atoms with van der Waals surface area (Å²) in [6, 6.07) is 7.91. The molecular weight excluding hydrogens is 366 g/mol. The molecule has 2 saturated heterocycles. The molecule has 0 atom stereocenters. The molecule has 0 unspecified atom stereocenters. The fourth-order valence-electron chi connectivity index (χ4n) is 4.39. The Morgan fingerprint density at radius 2 is 2.00 bits per heavy atom. The molecule has 0 aromatic carbocycles. The number of carbonyl (C=O) groups excluding carboxylic acids is 1. The summed E-state index contributed by atoms with van der Waals surface area (Å²) in [7, 11) is 0. The molecule has 0 saturated carbocycles. The van der Waals surface area contributed by atoms with E-state index in [1.807, 2.05) is 4.90 Å². The van der Waals surface area contributed by atoms with E-state index in [-0.39, 0.29) is 11.3 Å². The molecule has 2 aliphatic rings. The standard InChI is InChI=1S/C22H25N5O2/c23-15-22(14-17-4-12-29-13-5-17)6-10-27(11-7-22)21(28)18-2-1-8-25-20(18)19-3-9-24-16-26-19/h1-3,8-9,16-17H,4-7,10-14H2. The Kier molecular flexibility index (Phi) is 5.81. The quantitative estimate of drug-likeness (QED) is 0.795. The number of amides is 1. The number of rotatable bonds is 4. The normalized spacial score (nSPS) is 19.5. The molecule has 1 amide bonds. The topological polar surface area (TPSA) is 92.0 Å². The molecular formula is C22H25N5O2. The summed E-state index contributed by atoms with van der Waals surface area (Å²) >= 11 is 0. The van der Waals surface area contributed by atoms with E-state index in [0.717, 1.165) is 45.3 Å². The van der Waals surface area contributed by atoms with Gasteiger partial charge in [-0.05, 0) is 56.2 Å². The van der Waals surface area contributed by atoms with E-state index in [1.54, 1.807) is 30.6 Å². The van der Waals surface area contributed by atoms with Gasteiger partial charge >= 0.3 is 0 Å². The van der Waals surface area contributed by atoms with E-state index in [2.05, 4.69) is 21.0 Å². The number of pyridine rings is 1. The predicted molar refractivity (Wildman–Crippen MR) is 107 cm³/mol. The maximum absolute atomic E-state index is 13.2. The van der Waals surface area contributed by atoms with Gasteiger partial charge in [0.15, 0.2) is 0 Å². The van der Waals surface area contributed by atoms with Crippen LogP contribution in [0.1, 0.15) is 42.5 Å². The smallest absolute Gasteiger partial charge is 0.256 e. The number of hydrogen-bond donors (Lipinski definition) is 0. The van der Waals surface area contributed by atoms with Gasteiger partial charge in [-0.25, -0.2) is 9.97 Å². The van der Waals surface area contributed by atoms with Crippen LogP contribution in [0, 0.1) is 22.7 Å². The summed E-state index contributed by atoms with van der Waals surface area (Å²) in [5, 5.41) is 9.90. The van der Waals surface area contributed by atoms with E-state index in [4.69, 9.17) is 4.74 Å². The maximum Gasteiger partial charge on any atom is 0.256 e. The SMILES string of the molecule is N#CC1(CC2CCOCC2)CCN(C(=O)c2cccnc2-c2ccncn2)CC1. The van der Waals surface area contributed by atoms with Crippen molar-refractivity contribution in [3.63, 3.8) is 0 Å². The zero-order valence-corrected chi connectivity index (χ0v) is 16.5. The molecule has 2 aliphatic heterocycles. The molecule has 4 rings (SSSR count). The third-order valence-electron chi connectivity index (χ3n) is 6.13. The van der Waals surface area contributed by atoms with Crippen LogP contribution in [0.4, 0.5) is 0 Å². The fraction of sp³-hybridized carbons (Fsp3) is 0.500. The number of hydrogen-bond acceptors (Lipinski definition) is 6. The van der Waals surface area contributed by atoms with Crippen molar-refractivity contribution in [1.82, 2.24) is 19.9 Å². The number of nitrogens with zero attached hydrogens (tertiary/aromatic N) is 5. The molecule has 2 fully saturated rings. The summed E-state index contributed by atoms with van der Waals surface area (Å²) in [4.78, 5) is 27.6. The van der Waals surface area contributed by atoms with Crippen LogP contribution in [0.15, 0.2) is 36.9 Å². The second-order valence-corrected chi connectivity index (χ2v) is 7.94. The van der Waals surface area contributed by atoms with Crippen molar-refractivity contribution >= 4 is 5.91 Å². The van der Waals surface area contributed by atoms with Gasteiger partial charge in [0.2, 0.25) is 0 Å². The first kappa shape index (κ1) is 19.5. The molecule has 4 heterocycles. The lowest BCUT2D eigenvalue weighted by Gasteiger charge is -2.40. The largest absolute Gasteiger partial charge is 0.381 e. The van der Waals surface area contributed by atoms with Crippen molar-refractivity contribution < 1.29 is 9.53 Å². The third-order valence-corrected chi connectivity index (χ3v) is 6.13. The fourth-order valence-corrected chi connectivity index (χ4v) is 4.39. The van der Waals surface area contributed by atoms with Crippen LogP contribution in [0.5, 0.6) is 0 Å². The lowest BCUT2D eigenvalue weighted by molar-refractivity contribution is 0.0391. The Bertz CT molecular complexity index is 882. The van der Waals surface area contributed by atoms with Crippen LogP contribution in [0.3, 0.4) is 0 Å². The van der Waals surface area contributed by atoms with Crippen molar-refractivity contribution in [2.45, 2.75) is 32.1 Å². The first-order valence-corrected chi connectivity index (χ1v) is 10.2. The Balaban J connectivity index is 1.46. The monoisotopic (exact) mass is 391 g/mol. The van der Waals surface area contributed by atoms with E-state index >= 15 is 0 Å². The molecule has 2 aromatic heterocycles. The summed E-state index contributed by atoms with van der Waals surface area (Å²) in [5.74, 6) is 0.498. The van der Waals surface area contributed by atoms with Crippen LogP contribution in [0.2, 0.25) is 0 Å². The van der Waals surface area contributed by atoms with Gasteiger partial charge in [0.05, 0.1) is 22.7 Å². The van der Waals surface area contributed by atoms with Gasteiger partial charge in [-0.2, -0.15) is 5.26 Å². The first-order valence-electron chi connectivity index (χ1n) is 10.2. The minimum atomic E-state index is -0.330. The molecule has 2 aromatic rings. The number of aromatic nitrogens is 3.